The molecule has 0 fully saturated rings. The minimum Gasteiger partial charge on any atom is -0.506 e. The number of rotatable bonds is 28. The quantitative estimate of drug-likeness (QED) is 0.0177. The number of carbonyl (C=O) groups excluding carboxylic acids is 5. The Morgan fingerprint density at radius 1 is 0.541 bits per heavy atom. The number of aromatic hydroxyl groups is 1. The summed E-state index contributed by atoms with van der Waals surface area (Å²) in [5, 5.41) is 47.4. The number of nitrogens with two attached hydrogens (primary N) is 2. The maximum atomic E-state index is 14.0. The normalized spacial score (nSPS) is 11.1. The zero-order valence-electron chi connectivity index (χ0n) is 47.4. The minimum atomic E-state index is -0.785. The number of hydrogen-bond donors (Lipinski definition) is 7. The van der Waals surface area contributed by atoms with Crippen molar-refractivity contribution in [2.75, 3.05) is 119 Å². The van der Waals surface area contributed by atoms with Gasteiger partial charge >= 0.3 is 24.4 Å². The van der Waals surface area contributed by atoms with Gasteiger partial charge in [-0.1, -0.05) is 24.3 Å². The number of ether oxygens (including phenoxy) is 7. The van der Waals surface area contributed by atoms with Gasteiger partial charge in [0.1, 0.15) is 63.9 Å². The average Bonchev–Trinajstić information content (AvgIpc) is 3.69. The van der Waals surface area contributed by atoms with Crippen LogP contribution >= 0.6 is 0 Å². The minimum absolute atomic E-state index is 0.0169. The fourth-order valence-electron chi connectivity index (χ4n) is 7.19. The van der Waals surface area contributed by atoms with Crippen molar-refractivity contribution in [3.8, 4) is 28.4 Å². The molecule has 0 aliphatic heterocycles. The molecule has 3 aromatic heterocycles. The van der Waals surface area contributed by atoms with Crippen LogP contribution in [0.1, 0.15) is 27.7 Å². The number of nitrogens with one attached hydrogen (secondary N) is 4. The van der Waals surface area contributed by atoms with Crippen molar-refractivity contribution >= 4 is 99.3 Å². The summed E-state index contributed by atoms with van der Waals surface area (Å²) < 4.78 is 37.1. The molecule has 6 aromatic rings. The van der Waals surface area contributed by atoms with E-state index in [9.17, 15) is 29.1 Å². The Morgan fingerprint density at radius 3 is 1.67 bits per heavy atom. The first-order valence-corrected chi connectivity index (χ1v) is 26.4. The summed E-state index contributed by atoms with van der Waals surface area (Å²) in [4.78, 5) is 78.7. The summed E-state index contributed by atoms with van der Waals surface area (Å²) in [5.41, 5.74) is 14.2. The summed E-state index contributed by atoms with van der Waals surface area (Å²) in [6, 6.07) is 24.8. The van der Waals surface area contributed by atoms with Crippen LogP contribution in [-0.4, -0.2) is 147 Å². The molecule has 3 heterocycles. The fourth-order valence-corrected chi connectivity index (χ4v) is 7.19. The largest absolute Gasteiger partial charge is 0.506 e. The number of hydrogen-bond acceptors (Lipinski definition) is 25. The van der Waals surface area contributed by atoms with Crippen molar-refractivity contribution in [1.82, 2.24) is 24.8 Å². The van der Waals surface area contributed by atoms with E-state index in [0.717, 1.165) is 0 Å². The Morgan fingerprint density at radius 2 is 1.05 bits per heavy atom. The van der Waals surface area contributed by atoms with Gasteiger partial charge in [-0.25, -0.2) is 34.1 Å². The molecular weight excluding hydrogens is 1110 g/mol. The molecule has 0 atom stereocenters. The molecule has 0 saturated heterocycles. The number of nitrogen functional groups attached to an aromatic ring is 2. The van der Waals surface area contributed by atoms with E-state index in [1.54, 1.807) is 62.6 Å². The highest BCUT2D eigenvalue weighted by atomic mass is 16.6. The van der Waals surface area contributed by atoms with Gasteiger partial charge in [-0.05, 0) is 105 Å². The van der Waals surface area contributed by atoms with Gasteiger partial charge in [-0.15, -0.1) is 30.7 Å². The molecule has 0 unspecified atom stereocenters. The third kappa shape index (κ3) is 19.9. The third-order valence-corrected chi connectivity index (χ3v) is 11.6. The number of azo groups is 3. The molecule has 0 aliphatic carbocycles. The lowest BCUT2D eigenvalue weighted by Crippen LogP contribution is -2.37. The first-order valence-electron chi connectivity index (χ1n) is 26.4. The van der Waals surface area contributed by atoms with E-state index in [0.29, 0.717) is 50.6 Å². The zero-order chi connectivity index (χ0) is 61.1. The highest BCUT2D eigenvalue weighted by molar-refractivity contribution is 5.88. The van der Waals surface area contributed by atoms with Gasteiger partial charge < -0.3 is 70.2 Å². The van der Waals surface area contributed by atoms with Gasteiger partial charge in [0.05, 0.1) is 40.1 Å². The molecule has 30 heteroatoms. The van der Waals surface area contributed by atoms with E-state index in [2.05, 4.69) is 66.9 Å². The van der Waals surface area contributed by atoms with Gasteiger partial charge in [-0.2, -0.15) is 0 Å². The predicted octanol–water partition coefficient (Wildman–Crippen LogP) is 10.8. The number of aromatic nitrogens is 3. The maximum absolute atomic E-state index is 14.0. The first kappa shape index (κ1) is 63.7. The molecule has 0 saturated carbocycles. The van der Waals surface area contributed by atoms with Gasteiger partial charge in [0, 0.05) is 46.8 Å². The number of nitrogens with zero attached hydrogens (tertiary/aromatic N) is 11. The monoisotopic (exact) mass is 1170 g/mol. The molecule has 5 amide bonds. The molecule has 0 radical (unpaired) electrons. The number of anilines is 6. The second-order valence-electron chi connectivity index (χ2n) is 17.4. The first-order chi connectivity index (χ1) is 41.1. The van der Waals surface area contributed by atoms with Crippen LogP contribution in [-0.2, 0) is 28.5 Å². The van der Waals surface area contributed by atoms with Crippen LogP contribution in [0.25, 0.3) is 11.1 Å². The highest BCUT2D eigenvalue weighted by Crippen LogP contribution is 2.39. The zero-order valence-corrected chi connectivity index (χ0v) is 47.4. The predicted molar refractivity (Wildman–Crippen MR) is 314 cm³/mol. The van der Waals surface area contributed by atoms with E-state index in [4.69, 9.17) is 44.6 Å². The summed E-state index contributed by atoms with van der Waals surface area (Å²) in [5.74, 6) is -0.0350. The number of carbonyl (C=O) groups is 5. The second kappa shape index (κ2) is 32.8. The molecule has 0 aliphatic rings. The van der Waals surface area contributed by atoms with Crippen LogP contribution in [0.5, 0.6) is 17.2 Å². The van der Waals surface area contributed by atoms with Crippen molar-refractivity contribution in [2.45, 2.75) is 27.7 Å². The number of likely N-dealkylation sites (N-methyl/N-ethyl adjacent to an activating group) is 1. The lowest BCUT2D eigenvalue weighted by atomic mass is 10.0. The smallest absolute Gasteiger partial charge is 0.415 e. The average molecular weight is 1170 g/mol. The van der Waals surface area contributed by atoms with Crippen molar-refractivity contribution < 1.29 is 62.2 Å². The summed E-state index contributed by atoms with van der Waals surface area (Å²) >= 11 is 0. The molecule has 0 bridgehead atoms. The molecule has 448 valence electrons. The molecule has 9 N–H and O–H groups in total. The Labute approximate surface area is 488 Å². The number of phenols is 1. The van der Waals surface area contributed by atoms with E-state index < -0.39 is 24.4 Å². The Bertz CT molecular complexity index is 3360. The molecule has 85 heavy (non-hydrogen) atoms. The second-order valence-corrected chi connectivity index (χ2v) is 17.4. The van der Waals surface area contributed by atoms with Crippen LogP contribution in [0.3, 0.4) is 0 Å². The SMILES string of the molecule is CCN(CCNc1nc(NC(=O)OC)ccc1/N=N/c1ccccc1OC(=O)N(CC)CC)C(=O)Oc1ccc(-c2ccc(O)c(/N=N/c3ccc(NC(=O)OCCOCCOCCOC)nc3N)c2)cc1/N=N/c1ccc(NC(C)=O)nc1N. The Kier molecular flexibility index (Phi) is 24.6. The van der Waals surface area contributed by atoms with Crippen LogP contribution in [0.2, 0.25) is 0 Å². The lowest BCUT2D eigenvalue weighted by Gasteiger charge is -2.21. The number of benzene rings is 3. The fraction of sp³-hybridized carbons (Fsp3) is 0.309. The van der Waals surface area contributed by atoms with Crippen molar-refractivity contribution in [3.63, 3.8) is 0 Å². The molecule has 6 rings (SSSR count). The Hall–Kier alpha value is -10.5. The van der Waals surface area contributed by atoms with E-state index >= 15 is 0 Å². The van der Waals surface area contributed by atoms with Gasteiger partial charge in [0.15, 0.2) is 29.0 Å². The lowest BCUT2D eigenvalue weighted by molar-refractivity contribution is -0.114. The van der Waals surface area contributed by atoms with E-state index in [1.807, 2.05) is 13.8 Å². The maximum Gasteiger partial charge on any atom is 0.415 e. The van der Waals surface area contributed by atoms with Crippen molar-refractivity contribution in [1.29, 1.82) is 0 Å². The van der Waals surface area contributed by atoms with Crippen LogP contribution in [0, 0.1) is 0 Å². The number of pyridine rings is 3. The van der Waals surface area contributed by atoms with Crippen molar-refractivity contribution in [2.24, 2.45) is 30.7 Å². The van der Waals surface area contributed by atoms with Crippen molar-refractivity contribution in [3.05, 3.63) is 97.1 Å². The Balaban J connectivity index is 1.19. The summed E-state index contributed by atoms with van der Waals surface area (Å²) in [6.07, 6.45) is -2.88. The van der Waals surface area contributed by atoms with E-state index in [-0.39, 0.29) is 125 Å². The summed E-state index contributed by atoms with van der Waals surface area (Å²) in [6.45, 7) is 9.66. The van der Waals surface area contributed by atoms with Gasteiger partial charge in [0.2, 0.25) is 5.91 Å². The van der Waals surface area contributed by atoms with E-state index in [1.165, 1.54) is 72.4 Å². The number of amides is 5. The molecular formula is C55H65N17O13. The van der Waals surface area contributed by atoms with Gasteiger partial charge in [0.25, 0.3) is 0 Å². The third-order valence-electron chi connectivity index (χ3n) is 11.6. The molecule has 30 nitrogen and oxygen atoms in total. The number of methoxy groups -OCH3 is 2. The van der Waals surface area contributed by atoms with Crippen LogP contribution in [0.15, 0.2) is 128 Å². The number of para-hydroxylation sites is 1. The van der Waals surface area contributed by atoms with Crippen LogP contribution < -0.4 is 42.2 Å². The van der Waals surface area contributed by atoms with Crippen LogP contribution in [0.4, 0.5) is 88.2 Å². The van der Waals surface area contributed by atoms with Gasteiger partial charge in [-0.3, -0.25) is 15.4 Å². The highest BCUT2D eigenvalue weighted by Gasteiger charge is 2.20. The summed E-state index contributed by atoms with van der Waals surface area (Å²) in [7, 11) is 2.78. The number of phenolic OH excluding ortho intramolecular Hbond substituents is 1. The molecule has 0 spiro atoms. The standard InChI is InChI=1S/C55H65N17O13/c1-7-71(8-2)54(77)84-44-13-11-10-12-37(44)65-68-40-18-23-48(63-52(75)80-6)62-51(40)58-24-25-72(9-3)55(78)85-45-20-15-36(33-42(45)70-67-39-16-21-46(59-34(4)73)60-49(39)56)35-14-19-43(74)41(32-35)69-66-38-17-22-47(61-50(38)57)64-53(76)83-31-30-82-29-28-81-27-26-79-5/h10-23,32-33,74H,7-9,24-31H2,1-6H3,(H3,56,59,60,73)(H3,57,61,64,76)(H2,58,62,63,75)/b68-65+,69-66+,70-67+. The topological polar surface area (TPSA) is 390 Å². The molecule has 3 aromatic carbocycles.